The third kappa shape index (κ3) is 5.10. The van der Waals surface area contributed by atoms with Gasteiger partial charge in [0.1, 0.15) is 26.0 Å². The average molecular weight is 824 g/mol. The number of halogens is 2. The van der Waals surface area contributed by atoms with Gasteiger partial charge in [-0.25, -0.2) is 34.0 Å². The van der Waals surface area contributed by atoms with Crippen molar-refractivity contribution in [1.29, 1.82) is 0 Å². The van der Waals surface area contributed by atoms with Crippen LogP contribution >= 0.6 is 23.4 Å². The SMILES string of the molecule is O=S(=O)(O)c1c(S(=O)(=O)O)c(S(=O)(=O)O)c2c3nc4nc(nc5c6ccccc6c(nc6nc(nc([nH]3)c2c1Cl)-c1ccccc1-6)n5Cl)-c1ccccc1-4. The van der Waals surface area contributed by atoms with Gasteiger partial charge in [-0.1, -0.05) is 84.4 Å². The summed E-state index contributed by atoms with van der Waals surface area (Å²) in [6.07, 6.45) is 0. The summed E-state index contributed by atoms with van der Waals surface area (Å²) in [6.45, 7) is 0. The van der Waals surface area contributed by atoms with Crippen molar-refractivity contribution >= 4 is 97.9 Å². The molecule has 5 heterocycles. The first kappa shape index (κ1) is 34.3. The molecular formula is C32H16Cl2N8O9S3. The number of H-pyrrole nitrogens is 1. The molecule has 4 N–H and O–H groups in total. The fourth-order valence-electron chi connectivity index (χ4n) is 6.55. The maximum absolute atomic E-state index is 13.1. The predicted octanol–water partition coefficient (Wildman–Crippen LogP) is 5.74. The Morgan fingerprint density at radius 2 is 0.870 bits per heavy atom. The molecule has 9 rings (SSSR count). The second-order valence-corrected chi connectivity index (χ2v) is 16.6. The van der Waals surface area contributed by atoms with Crippen molar-refractivity contribution in [2.75, 3.05) is 0 Å². The molecule has 0 aliphatic carbocycles. The highest BCUT2D eigenvalue weighted by atomic mass is 35.5. The third-order valence-corrected chi connectivity index (χ3v) is 12.5. The standard InChI is InChI=1S/C32H16Cl2N8O9S3/c33-21-19-20(22(52(43,44)45)24(54(49,50)51)23(21)53(46,47)48)30-38-26-14-8-2-4-10-16(14)28(36-26)41-32-18-12-6-5-11-17(18)31(42(32)34)40-27-15-9-3-1-7-13(15)25(35-27)37-29(19)39-30/h1-12H,(H,43,44,45)(H,46,47,48)(H,49,50,51)(H,35,36,37,38,39,40,41). The zero-order chi connectivity index (χ0) is 38.1. The van der Waals surface area contributed by atoms with Crippen LogP contribution in [0.4, 0.5) is 0 Å². The maximum atomic E-state index is 13.1. The lowest BCUT2D eigenvalue weighted by atomic mass is 10.1. The maximum Gasteiger partial charge on any atom is 0.297 e. The molecule has 2 aliphatic rings. The summed E-state index contributed by atoms with van der Waals surface area (Å²) in [5.41, 5.74) is 1.09. The molecule has 54 heavy (non-hydrogen) atoms. The Bertz CT molecular complexity index is 3410. The third-order valence-electron chi connectivity index (χ3n) is 8.67. The summed E-state index contributed by atoms with van der Waals surface area (Å²) in [4.78, 5) is 25.2. The predicted molar refractivity (Wildman–Crippen MR) is 195 cm³/mol. The van der Waals surface area contributed by atoms with Crippen LogP contribution in [0, 0.1) is 0 Å². The van der Waals surface area contributed by atoms with Crippen LogP contribution in [0.2, 0.25) is 5.02 Å². The Morgan fingerprint density at radius 1 is 0.500 bits per heavy atom. The molecule has 4 aromatic carbocycles. The quantitative estimate of drug-likeness (QED) is 0.155. The van der Waals surface area contributed by atoms with Gasteiger partial charge in [-0.2, -0.15) is 25.3 Å². The Morgan fingerprint density at radius 3 is 1.28 bits per heavy atom. The molecule has 0 atom stereocenters. The van der Waals surface area contributed by atoms with E-state index in [2.05, 4.69) is 24.9 Å². The van der Waals surface area contributed by atoms with E-state index < -0.39 is 72.1 Å². The summed E-state index contributed by atoms with van der Waals surface area (Å²) in [5.74, 6) is -0.000610. The molecule has 0 saturated heterocycles. The second-order valence-electron chi connectivity index (χ2n) is 11.8. The van der Waals surface area contributed by atoms with Crippen molar-refractivity contribution in [1.82, 2.24) is 39.0 Å². The molecule has 0 saturated carbocycles. The minimum absolute atomic E-state index is 0.0797. The van der Waals surface area contributed by atoms with Crippen molar-refractivity contribution in [2.45, 2.75) is 14.7 Å². The van der Waals surface area contributed by atoms with Crippen molar-refractivity contribution in [2.24, 2.45) is 0 Å². The number of benzene rings is 4. The summed E-state index contributed by atoms with van der Waals surface area (Å²) < 4.78 is 109. The second kappa shape index (κ2) is 11.5. The van der Waals surface area contributed by atoms with Gasteiger partial charge in [0.2, 0.25) is 0 Å². The first-order chi connectivity index (χ1) is 25.5. The molecule has 0 radical (unpaired) electrons. The largest absolute Gasteiger partial charge is 0.324 e. The highest BCUT2D eigenvalue weighted by molar-refractivity contribution is 7.90. The Balaban J connectivity index is 1.62. The molecule has 0 amide bonds. The number of hydrogen-bond acceptors (Lipinski definition) is 12. The lowest BCUT2D eigenvalue weighted by molar-refractivity contribution is 0.457. The fourth-order valence-corrected chi connectivity index (χ4v) is 10.9. The van der Waals surface area contributed by atoms with Gasteiger partial charge in [-0.05, 0) is 0 Å². The summed E-state index contributed by atoms with van der Waals surface area (Å²) >= 11 is 13.5. The molecule has 0 unspecified atom stereocenters. The Kier molecular flexibility index (Phi) is 7.33. The minimum atomic E-state index is -5.90. The van der Waals surface area contributed by atoms with Gasteiger partial charge in [-0.15, -0.1) is 0 Å². The first-order valence-electron chi connectivity index (χ1n) is 15.1. The van der Waals surface area contributed by atoms with Crippen LogP contribution < -0.4 is 0 Å². The molecule has 7 aromatic rings. The van der Waals surface area contributed by atoms with Crippen LogP contribution in [0.1, 0.15) is 0 Å². The van der Waals surface area contributed by atoms with E-state index in [0.29, 0.717) is 33.0 Å². The van der Waals surface area contributed by atoms with Crippen molar-refractivity contribution < 1.29 is 38.9 Å². The molecule has 270 valence electrons. The van der Waals surface area contributed by atoms with E-state index in [0.717, 1.165) is 0 Å². The number of fused-ring (bicyclic) bond motifs is 20. The Hall–Kier alpha value is -5.45. The van der Waals surface area contributed by atoms with E-state index in [1.54, 1.807) is 72.8 Å². The van der Waals surface area contributed by atoms with Gasteiger partial charge < -0.3 is 4.98 Å². The molecule has 0 spiro atoms. The molecular weight excluding hydrogens is 808 g/mol. The number of nitrogens with one attached hydrogen (secondary N) is 1. The minimum Gasteiger partial charge on any atom is -0.324 e. The van der Waals surface area contributed by atoms with E-state index in [1.807, 2.05) is 0 Å². The van der Waals surface area contributed by atoms with Crippen LogP contribution in [0.25, 0.3) is 89.7 Å². The van der Waals surface area contributed by atoms with Gasteiger partial charge in [0.05, 0.1) is 10.4 Å². The van der Waals surface area contributed by atoms with Crippen molar-refractivity contribution in [3.63, 3.8) is 0 Å². The van der Waals surface area contributed by atoms with Crippen LogP contribution in [-0.4, -0.2) is 77.9 Å². The monoisotopic (exact) mass is 822 g/mol. The smallest absolute Gasteiger partial charge is 0.297 e. The van der Waals surface area contributed by atoms with E-state index in [9.17, 15) is 38.9 Å². The Labute approximate surface area is 312 Å². The molecule has 3 aromatic heterocycles. The van der Waals surface area contributed by atoms with Crippen LogP contribution in [0.15, 0.2) is 87.5 Å². The fraction of sp³-hybridized carbons (Fsp3) is 0. The van der Waals surface area contributed by atoms with Crippen molar-refractivity contribution in [3.8, 4) is 45.6 Å². The summed E-state index contributed by atoms with van der Waals surface area (Å²) in [5, 5.41) is -1.37. The molecule has 17 nitrogen and oxygen atoms in total. The highest BCUT2D eigenvalue weighted by Gasteiger charge is 2.40. The molecule has 2 aliphatic heterocycles. The van der Waals surface area contributed by atoms with E-state index in [4.69, 9.17) is 33.3 Å². The number of aromatic amines is 1. The van der Waals surface area contributed by atoms with E-state index >= 15 is 0 Å². The first-order valence-corrected chi connectivity index (χ1v) is 20.2. The average Bonchev–Trinajstić information content (AvgIpc) is 3.81. The van der Waals surface area contributed by atoms with Crippen LogP contribution in [0.3, 0.4) is 0 Å². The zero-order valence-electron chi connectivity index (χ0n) is 26.3. The molecule has 0 fully saturated rings. The van der Waals surface area contributed by atoms with Crippen LogP contribution in [-0.2, 0) is 30.4 Å². The van der Waals surface area contributed by atoms with Gasteiger partial charge in [-0.3, -0.25) is 13.7 Å². The van der Waals surface area contributed by atoms with Gasteiger partial charge >= 0.3 is 0 Å². The lowest BCUT2D eigenvalue weighted by Gasteiger charge is -2.13. The highest BCUT2D eigenvalue weighted by Crippen LogP contribution is 2.45. The number of hydrogen-bond donors (Lipinski definition) is 4. The molecule has 22 heteroatoms. The number of nitrogens with zero attached hydrogens (tertiary/aromatic N) is 7. The molecule has 8 bridgehead atoms. The number of aromatic nitrogens is 8. The summed E-state index contributed by atoms with van der Waals surface area (Å²) in [7, 11) is -17.5. The lowest BCUT2D eigenvalue weighted by Crippen LogP contribution is -2.15. The normalized spacial score (nSPS) is 13.0. The van der Waals surface area contributed by atoms with E-state index in [1.165, 1.54) is 4.09 Å². The van der Waals surface area contributed by atoms with Gasteiger partial charge in [0.25, 0.3) is 30.4 Å². The zero-order valence-corrected chi connectivity index (χ0v) is 30.3. The summed E-state index contributed by atoms with van der Waals surface area (Å²) in [6, 6.07) is 20.5. The van der Waals surface area contributed by atoms with Crippen LogP contribution in [0.5, 0.6) is 0 Å². The van der Waals surface area contributed by atoms with Gasteiger partial charge in [0.15, 0.2) is 34.6 Å². The topological polar surface area (TPSA) is 261 Å². The van der Waals surface area contributed by atoms with Crippen molar-refractivity contribution in [3.05, 3.63) is 77.8 Å². The number of rotatable bonds is 3. The van der Waals surface area contributed by atoms with E-state index in [-0.39, 0.29) is 34.6 Å². The van der Waals surface area contributed by atoms with Gasteiger partial charge in [0, 0.05) is 50.2 Å².